The molecular formula is C13H18ClN3O4. The Bertz CT molecular complexity index is 496. The highest BCUT2D eigenvalue weighted by molar-refractivity contribution is 6.30. The lowest BCUT2D eigenvalue weighted by Gasteiger charge is -2.07. The molecule has 0 fully saturated rings. The number of nitrogens with two attached hydrogens (primary N) is 1. The number of nitrogens with one attached hydrogen (secondary N) is 1. The van der Waals surface area contributed by atoms with E-state index in [9.17, 15) is 14.9 Å². The molecule has 1 amide bonds. The molecule has 0 aliphatic rings. The number of carbonyl (C=O) groups is 1. The van der Waals surface area contributed by atoms with Crippen LogP contribution in [-0.2, 0) is 4.79 Å². The van der Waals surface area contributed by atoms with Crippen LogP contribution in [0.3, 0.4) is 0 Å². The van der Waals surface area contributed by atoms with E-state index in [-0.39, 0.29) is 35.4 Å². The summed E-state index contributed by atoms with van der Waals surface area (Å²) in [4.78, 5) is 21.8. The maximum atomic E-state index is 11.5. The first-order chi connectivity index (χ1) is 10.0. The molecule has 21 heavy (non-hydrogen) atoms. The number of nitro benzene ring substituents is 1. The zero-order chi connectivity index (χ0) is 15.7. The summed E-state index contributed by atoms with van der Waals surface area (Å²) in [6.07, 6.45) is 1.81. The van der Waals surface area contributed by atoms with E-state index >= 15 is 0 Å². The molecule has 116 valence electrons. The van der Waals surface area contributed by atoms with Gasteiger partial charge in [-0.2, -0.15) is 0 Å². The number of nitro groups is 1. The Morgan fingerprint density at radius 1 is 1.43 bits per heavy atom. The van der Waals surface area contributed by atoms with Crippen molar-refractivity contribution in [3.63, 3.8) is 0 Å². The molecule has 1 aromatic rings. The first kappa shape index (κ1) is 17.2. The second-order valence-electron chi connectivity index (χ2n) is 4.31. The van der Waals surface area contributed by atoms with Crippen LogP contribution < -0.4 is 15.8 Å². The van der Waals surface area contributed by atoms with Crippen LogP contribution in [0, 0.1) is 10.1 Å². The number of benzene rings is 1. The molecule has 0 bridgehead atoms. The monoisotopic (exact) mass is 315 g/mol. The number of ether oxygens (including phenoxy) is 1. The van der Waals surface area contributed by atoms with E-state index in [1.165, 1.54) is 18.2 Å². The van der Waals surface area contributed by atoms with Gasteiger partial charge in [-0.1, -0.05) is 11.6 Å². The summed E-state index contributed by atoms with van der Waals surface area (Å²) in [5.74, 6) is -0.0658. The lowest BCUT2D eigenvalue weighted by Crippen LogP contribution is -2.26. The van der Waals surface area contributed by atoms with Crippen molar-refractivity contribution >= 4 is 23.2 Å². The summed E-state index contributed by atoms with van der Waals surface area (Å²) in [7, 11) is 0. The van der Waals surface area contributed by atoms with Gasteiger partial charge in [-0.3, -0.25) is 14.9 Å². The minimum Gasteiger partial charge on any atom is -0.486 e. The molecule has 0 unspecified atom stereocenters. The Hall–Kier alpha value is -1.86. The van der Waals surface area contributed by atoms with E-state index in [1.54, 1.807) is 0 Å². The zero-order valence-electron chi connectivity index (χ0n) is 11.5. The van der Waals surface area contributed by atoms with Gasteiger partial charge in [0.15, 0.2) is 5.75 Å². The Kier molecular flexibility index (Phi) is 7.49. The predicted octanol–water partition coefficient (Wildman–Crippen LogP) is 1.87. The van der Waals surface area contributed by atoms with Crippen molar-refractivity contribution in [2.45, 2.75) is 19.3 Å². The highest BCUT2D eigenvalue weighted by Gasteiger charge is 2.15. The van der Waals surface area contributed by atoms with Crippen LogP contribution in [0.1, 0.15) is 19.3 Å². The molecule has 0 aliphatic carbocycles. The molecule has 1 aromatic carbocycles. The number of hydrogen-bond acceptors (Lipinski definition) is 5. The quantitative estimate of drug-likeness (QED) is 0.411. The number of hydrogen-bond donors (Lipinski definition) is 2. The second kappa shape index (κ2) is 9.15. The number of nitrogens with zero attached hydrogens (tertiary/aromatic N) is 1. The van der Waals surface area contributed by atoms with Crippen molar-refractivity contribution in [3.8, 4) is 5.75 Å². The largest absolute Gasteiger partial charge is 0.486 e. The van der Waals surface area contributed by atoms with Gasteiger partial charge in [-0.05, 0) is 31.5 Å². The van der Waals surface area contributed by atoms with Crippen LogP contribution in [0.2, 0.25) is 5.02 Å². The van der Waals surface area contributed by atoms with Gasteiger partial charge in [0.2, 0.25) is 5.91 Å². The molecule has 0 aliphatic heterocycles. The van der Waals surface area contributed by atoms with Gasteiger partial charge in [-0.15, -0.1) is 0 Å². The third-order valence-corrected chi connectivity index (χ3v) is 2.89. The standard InChI is InChI=1S/C13H18ClN3O4/c14-10-3-4-12(11(9-10)17(19)20)21-8-5-13(18)16-7-2-1-6-15/h3-4,9H,1-2,5-8,15H2,(H,16,18). The Morgan fingerprint density at radius 2 is 2.19 bits per heavy atom. The fraction of sp³-hybridized carbons (Fsp3) is 0.462. The maximum Gasteiger partial charge on any atom is 0.312 e. The highest BCUT2D eigenvalue weighted by Crippen LogP contribution is 2.29. The fourth-order valence-electron chi connectivity index (χ4n) is 1.59. The summed E-state index contributed by atoms with van der Waals surface area (Å²) in [5.41, 5.74) is 5.13. The Labute approximate surface area is 127 Å². The first-order valence-electron chi connectivity index (χ1n) is 6.58. The summed E-state index contributed by atoms with van der Waals surface area (Å²) in [6.45, 7) is 1.22. The van der Waals surface area contributed by atoms with Crippen LogP contribution in [0.5, 0.6) is 5.75 Å². The lowest BCUT2D eigenvalue weighted by atomic mass is 10.3. The number of amides is 1. The highest BCUT2D eigenvalue weighted by atomic mass is 35.5. The van der Waals surface area contributed by atoms with Gasteiger partial charge in [0, 0.05) is 17.6 Å². The van der Waals surface area contributed by atoms with Crippen molar-refractivity contribution in [1.82, 2.24) is 5.32 Å². The first-order valence-corrected chi connectivity index (χ1v) is 6.96. The Morgan fingerprint density at radius 3 is 2.86 bits per heavy atom. The van der Waals surface area contributed by atoms with Crippen LogP contribution in [0.4, 0.5) is 5.69 Å². The Balaban J connectivity index is 2.39. The van der Waals surface area contributed by atoms with Gasteiger partial charge in [0.05, 0.1) is 18.0 Å². The van der Waals surface area contributed by atoms with Crippen molar-refractivity contribution < 1.29 is 14.5 Å². The normalized spacial score (nSPS) is 10.2. The van der Waals surface area contributed by atoms with E-state index < -0.39 is 4.92 Å². The van der Waals surface area contributed by atoms with Crippen molar-refractivity contribution in [2.75, 3.05) is 19.7 Å². The molecule has 0 saturated heterocycles. The molecule has 0 spiro atoms. The van der Waals surface area contributed by atoms with Crippen molar-refractivity contribution in [3.05, 3.63) is 33.3 Å². The number of rotatable bonds is 9. The lowest BCUT2D eigenvalue weighted by molar-refractivity contribution is -0.385. The average molecular weight is 316 g/mol. The second-order valence-corrected chi connectivity index (χ2v) is 4.75. The SMILES string of the molecule is NCCCCNC(=O)CCOc1ccc(Cl)cc1[N+](=O)[O-]. The van der Waals surface area contributed by atoms with Gasteiger partial charge in [0.25, 0.3) is 0 Å². The molecule has 8 heteroatoms. The summed E-state index contributed by atoms with van der Waals surface area (Å²) in [5, 5.41) is 13.8. The molecule has 0 radical (unpaired) electrons. The van der Waals surface area contributed by atoms with Gasteiger partial charge < -0.3 is 15.8 Å². The smallest absolute Gasteiger partial charge is 0.312 e. The number of unbranched alkanes of at least 4 members (excludes halogenated alkanes) is 1. The molecule has 1 rings (SSSR count). The zero-order valence-corrected chi connectivity index (χ0v) is 12.3. The minimum absolute atomic E-state index is 0.0607. The predicted molar refractivity (Wildman–Crippen MR) is 79.5 cm³/mol. The third kappa shape index (κ3) is 6.42. The van der Waals surface area contributed by atoms with Crippen molar-refractivity contribution in [2.24, 2.45) is 5.73 Å². The van der Waals surface area contributed by atoms with Crippen LogP contribution in [0.15, 0.2) is 18.2 Å². The van der Waals surface area contributed by atoms with Crippen LogP contribution in [-0.4, -0.2) is 30.5 Å². The average Bonchev–Trinajstić information content (AvgIpc) is 2.45. The fourth-order valence-corrected chi connectivity index (χ4v) is 1.76. The van der Waals surface area contributed by atoms with Crippen LogP contribution in [0.25, 0.3) is 0 Å². The molecule has 3 N–H and O–H groups in total. The van der Waals surface area contributed by atoms with Gasteiger partial charge in [-0.25, -0.2) is 0 Å². The summed E-state index contributed by atoms with van der Waals surface area (Å²) in [6, 6.07) is 4.13. The van der Waals surface area contributed by atoms with Gasteiger partial charge in [0.1, 0.15) is 0 Å². The van der Waals surface area contributed by atoms with E-state index in [2.05, 4.69) is 5.32 Å². The molecule has 0 heterocycles. The third-order valence-electron chi connectivity index (χ3n) is 2.66. The minimum atomic E-state index is -0.575. The molecule has 7 nitrogen and oxygen atoms in total. The van der Waals surface area contributed by atoms with Crippen molar-refractivity contribution in [1.29, 1.82) is 0 Å². The molecule has 0 atom stereocenters. The van der Waals surface area contributed by atoms with Crippen LogP contribution >= 0.6 is 11.6 Å². The van der Waals surface area contributed by atoms with Gasteiger partial charge >= 0.3 is 5.69 Å². The van der Waals surface area contributed by atoms with E-state index in [0.29, 0.717) is 13.1 Å². The maximum absolute atomic E-state index is 11.5. The summed E-state index contributed by atoms with van der Waals surface area (Å²) >= 11 is 5.70. The van der Waals surface area contributed by atoms with E-state index in [4.69, 9.17) is 22.1 Å². The molecular weight excluding hydrogens is 298 g/mol. The molecule has 0 aromatic heterocycles. The topological polar surface area (TPSA) is 107 Å². The van der Waals surface area contributed by atoms with E-state index in [0.717, 1.165) is 12.8 Å². The number of halogens is 1. The number of carbonyl (C=O) groups excluding carboxylic acids is 1. The van der Waals surface area contributed by atoms with E-state index in [1.807, 2.05) is 0 Å². The molecule has 0 saturated carbocycles. The summed E-state index contributed by atoms with van der Waals surface area (Å²) < 4.78 is 5.27.